The summed E-state index contributed by atoms with van der Waals surface area (Å²) in [7, 11) is 1.34. The summed E-state index contributed by atoms with van der Waals surface area (Å²) in [6.07, 6.45) is 1.95. The summed E-state index contributed by atoms with van der Waals surface area (Å²) in [4.78, 5) is 23.2. The molecule has 2 aromatic carbocycles. The number of nitrogens with one attached hydrogen (secondary N) is 1. The molecule has 5 nitrogen and oxygen atoms in total. The molecule has 1 N–H and O–H groups in total. The van der Waals surface area contributed by atoms with Crippen LogP contribution >= 0.6 is 0 Å². The standard InChI is InChI=1S/C18H17NO4/c1-22-18(21)13-3-2-4-16(11-13)23-15-9-7-14(8-10-15)19-17(20)12-5-6-12/h2-4,7-12H,5-6H2,1H3,(H,19,20). The van der Waals surface area contributed by atoms with Crippen LogP contribution in [0.5, 0.6) is 11.5 Å². The van der Waals surface area contributed by atoms with Crippen LogP contribution in [-0.4, -0.2) is 19.0 Å². The van der Waals surface area contributed by atoms with Gasteiger partial charge in [-0.2, -0.15) is 0 Å². The smallest absolute Gasteiger partial charge is 0.337 e. The van der Waals surface area contributed by atoms with Crippen molar-refractivity contribution in [3.05, 3.63) is 54.1 Å². The quantitative estimate of drug-likeness (QED) is 0.857. The Morgan fingerprint density at radius 3 is 2.43 bits per heavy atom. The van der Waals surface area contributed by atoms with Gasteiger partial charge < -0.3 is 14.8 Å². The lowest BCUT2D eigenvalue weighted by atomic mass is 10.2. The average molecular weight is 311 g/mol. The SMILES string of the molecule is COC(=O)c1cccc(Oc2ccc(NC(=O)C3CC3)cc2)c1. The molecule has 0 unspecified atom stereocenters. The van der Waals surface area contributed by atoms with Gasteiger partial charge in [0.25, 0.3) is 0 Å². The molecule has 1 aliphatic carbocycles. The predicted molar refractivity (Wildman–Crippen MR) is 85.7 cm³/mol. The van der Waals surface area contributed by atoms with Crippen molar-refractivity contribution < 1.29 is 19.1 Å². The van der Waals surface area contributed by atoms with Crippen molar-refractivity contribution in [1.29, 1.82) is 0 Å². The number of benzene rings is 2. The molecule has 1 amide bonds. The molecule has 5 heteroatoms. The molecule has 1 saturated carbocycles. The van der Waals surface area contributed by atoms with E-state index in [0.717, 1.165) is 18.5 Å². The summed E-state index contributed by atoms with van der Waals surface area (Å²) < 4.78 is 10.4. The number of carbonyl (C=O) groups excluding carboxylic acids is 2. The highest BCUT2D eigenvalue weighted by atomic mass is 16.5. The molecule has 0 saturated heterocycles. The number of amides is 1. The van der Waals surface area contributed by atoms with E-state index in [1.54, 1.807) is 48.5 Å². The third-order valence-electron chi connectivity index (χ3n) is 3.56. The Kier molecular flexibility index (Phi) is 4.28. The third kappa shape index (κ3) is 3.88. The zero-order chi connectivity index (χ0) is 16.2. The minimum Gasteiger partial charge on any atom is -0.465 e. The Bertz CT molecular complexity index is 720. The van der Waals surface area contributed by atoms with Crippen LogP contribution in [0.15, 0.2) is 48.5 Å². The van der Waals surface area contributed by atoms with Gasteiger partial charge in [-0.05, 0) is 55.3 Å². The van der Waals surface area contributed by atoms with E-state index in [1.807, 2.05) is 0 Å². The van der Waals surface area contributed by atoms with Gasteiger partial charge in [0.15, 0.2) is 0 Å². The average Bonchev–Trinajstić information content (AvgIpc) is 3.41. The van der Waals surface area contributed by atoms with Crippen LogP contribution in [0.2, 0.25) is 0 Å². The number of hydrogen-bond acceptors (Lipinski definition) is 4. The Labute approximate surface area is 134 Å². The van der Waals surface area contributed by atoms with Crippen LogP contribution in [0.4, 0.5) is 5.69 Å². The summed E-state index contributed by atoms with van der Waals surface area (Å²) in [5.74, 6) is 1.00. The van der Waals surface area contributed by atoms with Crippen molar-refractivity contribution in [2.24, 2.45) is 5.92 Å². The van der Waals surface area contributed by atoms with Crippen molar-refractivity contribution in [2.75, 3.05) is 12.4 Å². The normalized spacial score (nSPS) is 13.3. The van der Waals surface area contributed by atoms with Crippen molar-refractivity contribution in [3.8, 4) is 11.5 Å². The van der Waals surface area contributed by atoms with Crippen LogP contribution in [-0.2, 0) is 9.53 Å². The van der Waals surface area contributed by atoms with Crippen LogP contribution in [0.1, 0.15) is 23.2 Å². The van der Waals surface area contributed by atoms with Crippen molar-refractivity contribution in [3.63, 3.8) is 0 Å². The molecule has 1 aliphatic rings. The highest BCUT2D eigenvalue weighted by Crippen LogP contribution is 2.30. The minimum absolute atomic E-state index is 0.0736. The number of ether oxygens (including phenoxy) is 2. The number of anilines is 1. The zero-order valence-electron chi connectivity index (χ0n) is 12.7. The first-order valence-corrected chi connectivity index (χ1v) is 7.43. The maximum Gasteiger partial charge on any atom is 0.337 e. The van der Waals surface area contributed by atoms with Crippen molar-refractivity contribution >= 4 is 17.6 Å². The summed E-state index contributed by atoms with van der Waals surface area (Å²) in [6, 6.07) is 13.9. The van der Waals surface area contributed by atoms with E-state index in [4.69, 9.17) is 4.74 Å². The molecule has 23 heavy (non-hydrogen) atoms. The topological polar surface area (TPSA) is 64.6 Å². The first-order chi connectivity index (χ1) is 11.2. The predicted octanol–water partition coefficient (Wildman–Crippen LogP) is 3.61. The van der Waals surface area contributed by atoms with Crippen LogP contribution in [0.3, 0.4) is 0 Å². The van der Waals surface area contributed by atoms with Gasteiger partial charge in [0, 0.05) is 11.6 Å². The van der Waals surface area contributed by atoms with Gasteiger partial charge in [-0.15, -0.1) is 0 Å². The maximum atomic E-state index is 11.7. The second-order valence-corrected chi connectivity index (χ2v) is 5.41. The van der Waals surface area contributed by atoms with E-state index in [1.165, 1.54) is 7.11 Å². The molecular formula is C18H17NO4. The summed E-state index contributed by atoms with van der Waals surface area (Å²) in [5, 5.41) is 2.87. The molecule has 0 heterocycles. The molecule has 0 radical (unpaired) electrons. The fraction of sp³-hybridized carbons (Fsp3) is 0.222. The number of methoxy groups -OCH3 is 1. The molecule has 3 rings (SSSR count). The number of esters is 1. The lowest BCUT2D eigenvalue weighted by Gasteiger charge is -2.08. The Morgan fingerprint density at radius 1 is 1.04 bits per heavy atom. The summed E-state index contributed by atoms with van der Waals surface area (Å²) in [6.45, 7) is 0. The maximum absolute atomic E-state index is 11.7. The number of rotatable bonds is 5. The summed E-state index contributed by atoms with van der Waals surface area (Å²) in [5.41, 5.74) is 1.18. The zero-order valence-corrected chi connectivity index (χ0v) is 12.7. The van der Waals surface area contributed by atoms with E-state index in [0.29, 0.717) is 17.1 Å². The van der Waals surface area contributed by atoms with Gasteiger partial charge in [0.2, 0.25) is 5.91 Å². The molecule has 2 aromatic rings. The highest BCUT2D eigenvalue weighted by molar-refractivity contribution is 5.94. The van der Waals surface area contributed by atoms with Crippen LogP contribution in [0.25, 0.3) is 0 Å². The van der Waals surface area contributed by atoms with Gasteiger partial charge >= 0.3 is 5.97 Å². The lowest BCUT2D eigenvalue weighted by Crippen LogP contribution is -2.12. The van der Waals surface area contributed by atoms with Gasteiger partial charge in [0.1, 0.15) is 11.5 Å². The first kappa shape index (κ1) is 15.1. The molecule has 0 atom stereocenters. The molecule has 0 aromatic heterocycles. The van der Waals surface area contributed by atoms with Gasteiger partial charge in [0.05, 0.1) is 12.7 Å². The molecule has 1 fully saturated rings. The minimum atomic E-state index is -0.409. The fourth-order valence-electron chi connectivity index (χ4n) is 2.14. The Hall–Kier alpha value is -2.82. The van der Waals surface area contributed by atoms with E-state index in [2.05, 4.69) is 10.1 Å². The van der Waals surface area contributed by atoms with Crippen LogP contribution in [0, 0.1) is 5.92 Å². The molecule has 0 bridgehead atoms. The van der Waals surface area contributed by atoms with E-state index in [9.17, 15) is 9.59 Å². The van der Waals surface area contributed by atoms with Crippen LogP contribution < -0.4 is 10.1 Å². The largest absolute Gasteiger partial charge is 0.465 e. The molecule has 0 spiro atoms. The number of carbonyl (C=O) groups is 2. The Balaban J connectivity index is 1.65. The number of hydrogen-bond donors (Lipinski definition) is 1. The second kappa shape index (κ2) is 6.52. The highest BCUT2D eigenvalue weighted by Gasteiger charge is 2.29. The van der Waals surface area contributed by atoms with Gasteiger partial charge in [-0.3, -0.25) is 4.79 Å². The van der Waals surface area contributed by atoms with E-state index in [-0.39, 0.29) is 11.8 Å². The van der Waals surface area contributed by atoms with Crippen molar-refractivity contribution in [2.45, 2.75) is 12.8 Å². The van der Waals surface area contributed by atoms with E-state index < -0.39 is 5.97 Å². The fourth-order valence-corrected chi connectivity index (χ4v) is 2.14. The monoisotopic (exact) mass is 311 g/mol. The lowest BCUT2D eigenvalue weighted by molar-refractivity contribution is -0.117. The molecule has 118 valence electrons. The van der Waals surface area contributed by atoms with Gasteiger partial charge in [-0.25, -0.2) is 4.79 Å². The molecular weight excluding hydrogens is 294 g/mol. The van der Waals surface area contributed by atoms with E-state index >= 15 is 0 Å². The first-order valence-electron chi connectivity index (χ1n) is 7.43. The second-order valence-electron chi connectivity index (χ2n) is 5.41. The molecule has 0 aliphatic heterocycles. The van der Waals surface area contributed by atoms with Gasteiger partial charge in [-0.1, -0.05) is 6.07 Å². The third-order valence-corrected chi connectivity index (χ3v) is 3.56. The Morgan fingerprint density at radius 2 is 1.78 bits per heavy atom. The summed E-state index contributed by atoms with van der Waals surface area (Å²) >= 11 is 0. The van der Waals surface area contributed by atoms with Crippen molar-refractivity contribution in [1.82, 2.24) is 0 Å².